The topological polar surface area (TPSA) is 32.5 Å². The van der Waals surface area contributed by atoms with Gasteiger partial charge in [-0.25, -0.2) is 0 Å². The molecule has 0 saturated carbocycles. The minimum atomic E-state index is 0.215. The van der Waals surface area contributed by atoms with E-state index in [1.165, 1.54) is 6.42 Å². The zero-order valence-electron chi connectivity index (χ0n) is 11.7. The summed E-state index contributed by atoms with van der Waals surface area (Å²) >= 11 is 0. The Kier molecular flexibility index (Phi) is 4.77. The van der Waals surface area contributed by atoms with E-state index in [-0.39, 0.29) is 5.54 Å². The molecule has 0 aliphatic carbocycles. The maximum Gasteiger partial charge on any atom is 0.0473 e. The SMILES string of the molecule is CCN(CC(C)C)C1(CN)CC(C)N(C)C1. The zero-order valence-corrected chi connectivity index (χ0v) is 11.7. The minimum Gasteiger partial charge on any atom is -0.329 e. The summed E-state index contributed by atoms with van der Waals surface area (Å²) in [5.74, 6) is 0.713. The molecule has 0 spiro atoms. The first-order chi connectivity index (χ1) is 7.45. The molecule has 16 heavy (non-hydrogen) atoms. The maximum atomic E-state index is 6.08. The number of hydrogen-bond acceptors (Lipinski definition) is 3. The fourth-order valence-electron chi connectivity index (χ4n) is 3.00. The lowest BCUT2D eigenvalue weighted by atomic mass is 9.93. The lowest BCUT2D eigenvalue weighted by Gasteiger charge is -2.41. The predicted molar refractivity (Wildman–Crippen MR) is 70.6 cm³/mol. The van der Waals surface area contributed by atoms with Crippen molar-refractivity contribution in [3.63, 3.8) is 0 Å². The normalized spacial score (nSPS) is 31.9. The molecule has 0 radical (unpaired) electrons. The number of likely N-dealkylation sites (N-methyl/N-ethyl adjacent to an activating group) is 2. The fourth-order valence-corrected chi connectivity index (χ4v) is 3.00. The van der Waals surface area contributed by atoms with E-state index in [1.807, 2.05) is 0 Å². The van der Waals surface area contributed by atoms with E-state index in [1.54, 1.807) is 0 Å². The van der Waals surface area contributed by atoms with Gasteiger partial charge in [0.2, 0.25) is 0 Å². The highest BCUT2D eigenvalue weighted by molar-refractivity contribution is 5.02. The van der Waals surface area contributed by atoms with Crippen molar-refractivity contribution in [1.29, 1.82) is 0 Å². The Labute approximate surface area is 101 Å². The summed E-state index contributed by atoms with van der Waals surface area (Å²) in [5, 5.41) is 0. The number of hydrogen-bond donors (Lipinski definition) is 1. The van der Waals surface area contributed by atoms with Gasteiger partial charge in [-0.1, -0.05) is 20.8 Å². The molecule has 0 aromatic heterocycles. The van der Waals surface area contributed by atoms with E-state index >= 15 is 0 Å². The molecule has 1 aliphatic rings. The van der Waals surface area contributed by atoms with Gasteiger partial charge in [0, 0.05) is 31.2 Å². The smallest absolute Gasteiger partial charge is 0.0473 e. The molecule has 1 saturated heterocycles. The molecule has 1 fully saturated rings. The van der Waals surface area contributed by atoms with Gasteiger partial charge in [-0.2, -0.15) is 0 Å². The Morgan fingerprint density at radius 2 is 2.12 bits per heavy atom. The van der Waals surface area contributed by atoms with Gasteiger partial charge in [0.1, 0.15) is 0 Å². The molecule has 0 bridgehead atoms. The van der Waals surface area contributed by atoms with E-state index in [0.29, 0.717) is 12.0 Å². The molecular formula is C13H29N3. The van der Waals surface area contributed by atoms with Gasteiger partial charge in [0.05, 0.1) is 0 Å². The highest BCUT2D eigenvalue weighted by Gasteiger charge is 2.43. The summed E-state index contributed by atoms with van der Waals surface area (Å²) in [6, 6.07) is 0.657. The van der Waals surface area contributed by atoms with E-state index < -0.39 is 0 Å². The van der Waals surface area contributed by atoms with E-state index in [4.69, 9.17) is 5.73 Å². The Bertz CT molecular complexity index is 205. The highest BCUT2D eigenvalue weighted by Crippen LogP contribution is 2.31. The molecule has 96 valence electrons. The summed E-state index contributed by atoms with van der Waals surface area (Å²) in [6.07, 6.45) is 1.21. The van der Waals surface area contributed by atoms with Gasteiger partial charge in [0.15, 0.2) is 0 Å². The molecule has 1 rings (SSSR count). The van der Waals surface area contributed by atoms with Crippen molar-refractivity contribution < 1.29 is 0 Å². The first-order valence-electron chi connectivity index (χ1n) is 6.60. The van der Waals surface area contributed by atoms with Crippen molar-refractivity contribution in [2.24, 2.45) is 11.7 Å². The first-order valence-corrected chi connectivity index (χ1v) is 6.60. The quantitative estimate of drug-likeness (QED) is 0.770. The maximum absolute atomic E-state index is 6.08. The van der Waals surface area contributed by atoms with Crippen LogP contribution < -0.4 is 5.73 Å². The van der Waals surface area contributed by atoms with Crippen LogP contribution in [0.5, 0.6) is 0 Å². The third-order valence-corrected chi connectivity index (χ3v) is 3.99. The van der Waals surface area contributed by atoms with E-state index in [9.17, 15) is 0 Å². The third kappa shape index (κ3) is 2.76. The third-order valence-electron chi connectivity index (χ3n) is 3.99. The Hall–Kier alpha value is -0.120. The van der Waals surface area contributed by atoms with Crippen LogP contribution in [0.25, 0.3) is 0 Å². The van der Waals surface area contributed by atoms with Crippen molar-refractivity contribution in [1.82, 2.24) is 9.80 Å². The summed E-state index contributed by atoms with van der Waals surface area (Å²) in [4.78, 5) is 5.04. The number of nitrogens with two attached hydrogens (primary N) is 1. The van der Waals surface area contributed by atoms with Crippen molar-refractivity contribution in [2.75, 3.05) is 33.2 Å². The van der Waals surface area contributed by atoms with Crippen LogP contribution in [0.3, 0.4) is 0 Å². The summed E-state index contributed by atoms with van der Waals surface area (Å²) < 4.78 is 0. The fraction of sp³-hybridized carbons (Fsp3) is 1.00. The van der Waals surface area contributed by atoms with E-state index in [2.05, 4.69) is 44.5 Å². The standard InChI is InChI=1S/C13H29N3/c1-6-16(8-11(2)3)13(9-14)7-12(4)15(5)10-13/h11-12H,6-10,14H2,1-5H3. The summed E-state index contributed by atoms with van der Waals surface area (Å²) in [6.45, 7) is 13.3. The molecule has 2 N–H and O–H groups in total. The van der Waals surface area contributed by atoms with Gasteiger partial charge >= 0.3 is 0 Å². The van der Waals surface area contributed by atoms with Gasteiger partial charge < -0.3 is 10.6 Å². The molecule has 0 aromatic carbocycles. The average Bonchev–Trinajstić information content (AvgIpc) is 2.52. The Balaban J connectivity index is 2.78. The van der Waals surface area contributed by atoms with Crippen LogP contribution in [0, 0.1) is 5.92 Å². The molecule has 0 amide bonds. The van der Waals surface area contributed by atoms with Crippen LogP contribution in [0.2, 0.25) is 0 Å². The van der Waals surface area contributed by atoms with Crippen molar-refractivity contribution in [2.45, 2.75) is 45.7 Å². The molecule has 2 unspecified atom stereocenters. The molecule has 1 aliphatic heterocycles. The van der Waals surface area contributed by atoms with Crippen LogP contribution in [-0.2, 0) is 0 Å². The van der Waals surface area contributed by atoms with E-state index in [0.717, 1.165) is 26.2 Å². The molecule has 3 heteroatoms. The van der Waals surface area contributed by atoms with Crippen molar-refractivity contribution >= 4 is 0 Å². The van der Waals surface area contributed by atoms with Crippen LogP contribution in [0.15, 0.2) is 0 Å². The lowest BCUT2D eigenvalue weighted by Crippen LogP contribution is -2.56. The van der Waals surface area contributed by atoms with Crippen LogP contribution in [-0.4, -0.2) is 54.6 Å². The monoisotopic (exact) mass is 227 g/mol. The second-order valence-corrected chi connectivity index (χ2v) is 5.83. The number of rotatable bonds is 5. The molecule has 2 atom stereocenters. The van der Waals surface area contributed by atoms with Gasteiger partial charge in [0.25, 0.3) is 0 Å². The zero-order chi connectivity index (χ0) is 12.3. The molecule has 0 aromatic rings. The Morgan fingerprint density at radius 1 is 1.50 bits per heavy atom. The van der Waals surface area contributed by atoms with Crippen LogP contribution >= 0.6 is 0 Å². The van der Waals surface area contributed by atoms with Gasteiger partial charge in [-0.05, 0) is 32.9 Å². The second-order valence-electron chi connectivity index (χ2n) is 5.83. The summed E-state index contributed by atoms with van der Waals surface area (Å²) in [5.41, 5.74) is 6.29. The largest absolute Gasteiger partial charge is 0.329 e. The predicted octanol–water partition coefficient (Wildman–Crippen LogP) is 1.39. The first kappa shape index (κ1) is 13.9. The van der Waals surface area contributed by atoms with Crippen molar-refractivity contribution in [3.05, 3.63) is 0 Å². The summed E-state index contributed by atoms with van der Waals surface area (Å²) in [7, 11) is 2.21. The molecular weight excluding hydrogens is 198 g/mol. The van der Waals surface area contributed by atoms with Gasteiger partial charge in [-0.3, -0.25) is 4.90 Å². The number of nitrogens with zero attached hydrogens (tertiary/aromatic N) is 2. The Morgan fingerprint density at radius 3 is 2.44 bits per heavy atom. The molecule has 1 heterocycles. The average molecular weight is 227 g/mol. The van der Waals surface area contributed by atoms with Crippen LogP contribution in [0.1, 0.15) is 34.1 Å². The van der Waals surface area contributed by atoms with Crippen molar-refractivity contribution in [3.8, 4) is 0 Å². The van der Waals surface area contributed by atoms with Crippen LogP contribution in [0.4, 0.5) is 0 Å². The second kappa shape index (κ2) is 5.48. The minimum absolute atomic E-state index is 0.215. The lowest BCUT2D eigenvalue weighted by molar-refractivity contribution is 0.0940. The molecule has 3 nitrogen and oxygen atoms in total. The van der Waals surface area contributed by atoms with Gasteiger partial charge in [-0.15, -0.1) is 0 Å². The number of likely N-dealkylation sites (tertiary alicyclic amines) is 1. The highest BCUT2D eigenvalue weighted by atomic mass is 15.3.